The maximum Gasteiger partial charge on any atom is 0.159 e. The molecule has 0 aliphatic carbocycles. The fraction of sp³-hybridized carbons (Fsp3) is 0.182. The summed E-state index contributed by atoms with van der Waals surface area (Å²) < 4.78 is 2.29. The van der Waals surface area contributed by atoms with Gasteiger partial charge in [-0.25, -0.2) is 4.98 Å². The molecule has 6 heteroatoms. The summed E-state index contributed by atoms with van der Waals surface area (Å²) in [6.07, 6.45) is 2.58. The van der Waals surface area contributed by atoms with Crippen molar-refractivity contribution in [2.24, 2.45) is 0 Å². The number of H-pyrrole nitrogens is 1. The number of nitrogens with one attached hydrogen (secondary N) is 1. The molecule has 0 aliphatic heterocycles. The molecule has 0 saturated carbocycles. The number of aromatic amines is 1. The highest BCUT2D eigenvalue weighted by Gasteiger charge is 2.10. The van der Waals surface area contributed by atoms with Crippen LogP contribution in [0.2, 0.25) is 0 Å². The summed E-state index contributed by atoms with van der Waals surface area (Å²) in [5, 5.41) is 0. The number of aryl methyl sites for hydroxylation is 1. The lowest BCUT2D eigenvalue weighted by Crippen LogP contribution is -1.99. The number of hydrogen-bond donors (Lipinski definition) is 1. The van der Waals surface area contributed by atoms with Crippen LogP contribution in [0.25, 0.3) is 11.5 Å². The largest absolute Gasteiger partial charge is 0.341 e. The number of halogens is 2. The summed E-state index contributed by atoms with van der Waals surface area (Å²) in [6.45, 7) is 2.06. The molecule has 2 rings (SSSR count). The van der Waals surface area contributed by atoms with Gasteiger partial charge in [-0.1, -0.05) is 19.1 Å². The fourth-order valence-corrected chi connectivity index (χ4v) is 2.55. The first kappa shape index (κ1) is 12.9. The van der Waals surface area contributed by atoms with Gasteiger partial charge in [-0.2, -0.15) is 0 Å². The highest BCUT2D eigenvalue weighted by molar-refractivity contribution is 9.11. The summed E-state index contributed by atoms with van der Waals surface area (Å²) in [7, 11) is 0. The highest BCUT2D eigenvalue weighted by atomic mass is 79.9. The quantitative estimate of drug-likeness (QED) is 0.797. The third-order valence-electron chi connectivity index (χ3n) is 2.27. The first-order valence-electron chi connectivity index (χ1n) is 5.03. The third-order valence-corrected chi connectivity index (χ3v) is 4.32. The van der Waals surface area contributed by atoms with Gasteiger partial charge in [-0.15, -0.1) is 0 Å². The lowest BCUT2D eigenvalue weighted by molar-refractivity contribution is 0.976. The maximum atomic E-state index is 5.22. The van der Waals surface area contributed by atoms with Crippen LogP contribution in [0.4, 0.5) is 0 Å². The smallest absolute Gasteiger partial charge is 0.159 e. The monoisotopic (exact) mass is 373 g/mol. The first-order chi connectivity index (χ1) is 8.13. The minimum atomic E-state index is 0.549. The Hall–Kier alpha value is -0.590. The Labute approximate surface area is 121 Å². The van der Waals surface area contributed by atoms with E-state index in [4.69, 9.17) is 12.2 Å². The van der Waals surface area contributed by atoms with Crippen molar-refractivity contribution in [3.05, 3.63) is 37.6 Å². The summed E-state index contributed by atoms with van der Waals surface area (Å²) in [5.74, 6) is 0.683. The normalized spacial score (nSPS) is 10.5. The molecule has 0 saturated heterocycles. The average molecular weight is 375 g/mol. The Morgan fingerprint density at radius 3 is 2.82 bits per heavy atom. The number of rotatable bonds is 2. The van der Waals surface area contributed by atoms with Gasteiger partial charge < -0.3 is 4.98 Å². The van der Waals surface area contributed by atoms with Gasteiger partial charge in [0.15, 0.2) is 5.82 Å². The minimum Gasteiger partial charge on any atom is -0.341 e. The zero-order valence-corrected chi connectivity index (χ0v) is 13.0. The second-order valence-electron chi connectivity index (χ2n) is 3.37. The fourth-order valence-electron chi connectivity index (χ4n) is 1.42. The van der Waals surface area contributed by atoms with Crippen LogP contribution in [0.1, 0.15) is 12.6 Å². The molecule has 0 bridgehead atoms. The van der Waals surface area contributed by atoms with Crippen LogP contribution in [0, 0.1) is 4.64 Å². The predicted molar refractivity (Wildman–Crippen MR) is 77.4 cm³/mol. The van der Waals surface area contributed by atoms with Crippen LogP contribution in [-0.4, -0.2) is 15.0 Å². The van der Waals surface area contributed by atoms with Crippen LogP contribution < -0.4 is 0 Å². The summed E-state index contributed by atoms with van der Waals surface area (Å²) in [4.78, 5) is 11.9. The van der Waals surface area contributed by atoms with E-state index in [0.717, 1.165) is 26.8 Å². The molecule has 0 atom stereocenters. The van der Waals surface area contributed by atoms with Crippen LogP contribution in [-0.2, 0) is 6.42 Å². The van der Waals surface area contributed by atoms with Crippen molar-refractivity contribution >= 4 is 44.1 Å². The Morgan fingerprint density at radius 2 is 2.18 bits per heavy atom. The molecule has 17 heavy (non-hydrogen) atoms. The molecule has 0 fully saturated rings. The number of pyridine rings is 1. The van der Waals surface area contributed by atoms with Gasteiger partial charge in [0, 0.05) is 16.4 Å². The van der Waals surface area contributed by atoms with Crippen LogP contribution in [0.15, 0.2) is 27.3 Å². The Balaban J connectivity index is 2.66. The van der Waals surface area contributed by atoms with E-state index in [1.807, 2.05) is 12.1 Å². The topological polar surface area (TPSA) is 41.6 Å². The lowest BCUT2D eigenvalue weighted by Gasteiger charge is -2.07. The Morgan fingerprint density at radius 1 is 1.41 bits per heavy atom. The van der Waals surface area contributed by atoms with Gasteiger partial charge in [-0.3, -0.25) is 4.98 Å². The van der Waals surface area contributed by atoms with Crippen molar-refractivity contribution in [1.82, 2.24) is 15.0 Å². The summed E-state index contributed by atoms with van der Waals surface area (Å²) >= 11 is 12.1. The van der Waals surface area contributed by atoms with E-state index in [1.54, 1.807) is 6.20 Å². The van der Waals surface area contributed by atoms with E-state index in [1.165, 1.54) is 0 Å². The predicted octanol–water partition coefficient (Wildman–Crippen LogP) is 4.29. The van der Waals surface area contributed by atoms with E-state index in [9.17, 15) is 0 Å². The maximum absolute atomic E-state index is 5.22. The standard InChI is InChI=1S/C11H9Br2N3S/c1-2-7-8(13)11(17)16-10(15-7)9-6(12)4-3-5-14-9/h3-5H,2H2,1H3,(H,15,16,17). The van der Waals surface area contributed by atoms with E-state index in [0.29, 0.717) is 10.5 Å². The van der Waals surface area contributed by atoms with Crippen LogP contribution in [0.5, 0.6) is 0 Å². The van der Waals surface area contributed by atoms with E-state index in [2.05, 4.69) is 53.7 Å². The van der Waals surface area contributed by atoms with Gasteiger partial charge >= 0.3 is 0 Å². The number of aromatic nitrogens is 3. The van der Waals surface area contributed by atoms with Gasteiger partial charge in [0.25, 0.3) is 0 Å². The SMILES string of the molecule is CCc1[nH]c(-c2ncccc2Br)nc(=S)c1Br. The van der Waals surface area contributed by atoms with Crippen molar-refractivity contribution < 1.29 is 0 Å². The molecular formula is C11H9Br2N3S. The summed E-state index contributed by atoms with van der Waals surface area (Å²) in [6, 6.07) is 3.79. The lowest BCUT2D eigenvalue weighted by atomic mass is 10.3. The molecule has 1 N–H and O–H groups in total. The zero-order valence-electron chi connectivity index (χ0n) is 9.00. The van der Waals surface area contributed by atoms with E-state index >= 15 is 0 Å². The molecule has 2 aromatic heterocycles. The summed E-state index contributed by atoms with van der Waals surface area (Å²) in [5.41, 5.74) is 1.79. The average Bonchev–Trinajstić information content (AvgIpc) is 2.33. The Bertz CT molecular complexity index is 610. The number of nitrogens with zero attached hydrogens (tertiary/aromatic N) is 2. The molecule has 0 spiro atoms. The van der Waals surface area contributed by atoms with Gasteiger partial charge in [0.2, 0.25) is 0 Å². The Kier molecular flexibility index (Phi) is 4.06. The van der Waals surface area contributed by atoms with Gasteiger partial charge in [-0.05, 0) is 50.4 Å². The molecule has 2 aromatic rings. The molecule has 88 valence electrons. The van der Waals surface area contributed by atoms with Crippen LogP contribution >= 0.6 is 44.1 Å². The highest BCUT2D eigenvalue weighted by Crippen LogP contribution is 2.25. The molecule has 3 nitrogen and oxygen atoms in total. The van der Waals surface area contributed by atoms with Crippen molar-refractivity contribution in [3.8, 4) is 11.5 Å². The second-order valence-corrected chi connectivity index (χ2v) is 5.40. The second kappa shape index (κ2) is 5.37. The van der Waals surface area contributed by atoms with Gasteiger partial charge in [0.1, 0.15) is 10.3 Å². The first-order valence-corrected chi connectivity index (χ1v) is 7.02. The molecule has 0 aromatic carbocycles. The zero-order chi connectivity index (χ0) is 12.4. The van der Waals surface area contributed by atoms with Crippen molar-refractivity contribution in [2.75, 3.05) is 0 Å². The van der Waals surface area contributed by atoms with Crippen molar-refractivity contribution in [1.29, 1.82) is 0 Å². The molecule has 0 radical (unpaired) electrons. The van der Waals surface area contributed by atoms with E-state index < -0.39 is 0 Å². The minimum absolute atomic E-state index is 0.549. The molecule has 2 heterocycles. The van der Waals surface area contributed by atoms with E-state index in [-0.39, 0.29) is 0 Å². The molecule has 0 amide bonds. The van der Waals surface area contributed by atoms with Crippen LogP contribution in [0.3, 0.4) is 0 Å². The number of hydrogen-bond acceptors (Lipinski definition) is 3. The van der Waals surface area contributed by atoms with Crippen molar-refractivity contribution in [3.63, 3.8) is 0 Å². The van der Waals surface area contributed by atoms with Gasteiger partial charge in [0.05, 0.1) is 4.47 Å². The molecular weight excluding hydrogens is 366 g/mol. The van der Waals surface area contributed by atoms with Crippen molar-refractivity contribution in [2.45, 2.75) is 13.3 Å². The molecule has 0 aliphatic rings. The molecule has 0 unspecified atom stereocenters. The third kappa shape index (κ3) is 2.64.